The molecule has 0 saturated carbocycles. The van der Waals surface area contributed by atoms with Crippen molar-refractivity contribution in [3.05, 3.63) is 35.9 Å². The van der Waals surface area contributed by atoms with Gasteiger partial charge in [-0.3, -0.25) is 19.3 Å². The van der Waals surface area contributed by atoms with Crippen LogP contribution in [0.3, 0.4) is 0 Å². The molecule has 1 heterocycles. The summed E-state index contributed by atoms with van der Waals surface area (Å²) in [7, 11) is 0. The zero-order chi connectivity index (χ0) is 17.5. The molecule has 7 heteroatoms. The number of primary amides is 1. The van der Waals surface area contributed by atoms with Gasteiger partial charge in [-0.1, -0.05) is 30.3 Å². The number of carbonyl (C=O) groups is 3. The van der Waals surface area contributed by atoms with E-state index in [1.807, 2.05) is 18.2 Å². The SMILES string of the molecule is CC(=O)NCC(=O)N1CCN(CCc2ccccc2)C[C@H]1C(N)=O. The summed E-state index contributed by atoms with van der Waals surface area (Å²) in [6, 6.07) is 9.46. The summed E-state index contributed by atoms with van der Waals surface area (Å²) in [5, 5.41) is 2.46. The summed E-state index contributed by atoms with van der Waals surface area (Å²) in [6.07, 6.45) is 0.881. The van der Waals surface area contributed by atoms with Crippen molar-refractivity contribution in [3.63, 3.8) is 0 Å². The van der Waals surface area contributed by atoms with Crippen molar-refractivity contribution in [3.8, 4) is 0 Å². The van der Waals surface area contributed by atoms with Crippen LogP contribution in [0.1, 0.15) is 12.5 Å². The van der Waals surface area contributed by atoms with E-state index in [2.05, 4.69) is 22.3 Å². The van der Waals surface area contributed by atoms with Gasteiger partial charge in [-0.25, -0.2) is 0 Å². The lowest BCUT2D eigenvalue weighted by Gasteiger charge is -2.40. The normalized spacial score (nSPS) is 18.2. The molecule has 0 spiro atoms. The summed E-state index contributed by atoms with van der Waals surface area (Å²) in [5.41, 5.74) is 6.71. The Balaban J connectivity index is 1.91. The molecule has 130 valence electrons. The number of benzene rings is 1. The topological polar surface area (TPSA) is 95.7 Å². The molecule has 3 N–H and O–H groups in total. The average molecular weight is 332 g/mol. The van der Waals surface area contributed by atoms with Crippen LogP contribution < -0.4 is 11.1 Å². The molecule has 7 nitrogen and oxygen atoms in total. The van der Waals surface area contributed by atoms with Crippen LogP contribution in [-0.4, -0.2) is 66.3 Å². The Morgan fingerprint density at radius 3 is 2.54 bits per heavy atom. The first kappa shape index (κ1) is 17.9. The van der Waals surface area contributed by atoms with E-state index in [1.54, 1.807) is 0 Å². The van der Waals surface area contributed by atoms with E-state index in [4.69, 9.17) is 5.73 Å². The molecular weight excluding hydrogens is 308 g/mol. The fraction of sp³-hybridized carbons (Fsp3) is 0.471. The first-order chi connectivity index (χ1) is 11.5. The number of hydrogen-bond acceptors (Lipinski definition) is 4. The second-order valence-corrected chi connectivity index (χ2v) is 5.95. The fourth-order valence-corrected chi connectivity index (χ4v) is 2.82. The van der Waals surface area contributed by atoms with Crippen molar-refractivity contribution < 1.29 is 14.4 Å². The predicted molar refractivity (Wildman–Crippen MR) is 90.0 cm³/mol. The van der Waals surface area contributed by atoms with Crippen LogP contribution in [0.15, 0.2) is 30.3 Å². The van der Waals surface area contributed by atoms with Crippen LogP contribution in [-0.2, 0) is 20.8 Å². The smallest absolute Gasteiger partial charge is 0.242 e. The maximum atomic E-state index is 12.2. The van der Waals surface area contributed by atoms with E-state index in [1.165, 1.54) is 17.4 Å². The van der Waals surface area contributed by atoms with Crippen molar-refractivity contribution in [2.75, 3.05) is 32.7 Å². The van der Waals surface area contributed by atoms with E-state index < -0.39 is 11.9 Å². The third-order valence-corrected chi connectivity index (χ3v) is 4.16. The molecule has 0 radical (unpaired) electrons. The average Bonchev–Trinajstić information content (AvgIpc) is 2.58. The highest BCUT2D eigenvalue weighted by Gasteiger charge is 2.33. The predicted octanol–water partition coefficient (Wildman–Crippen LogP) is -0.637. The van der Waals surface area contributed by atoms with Gasteiger partial charge in [-0.2, -0.15) is 0 Å². The van der Waals surface area contributed by atoms with Gasteiger partial charge in [0, 0.05) is 33.1 Å². The number of rotatable bonds is 6. The highest BCUT2D eigenvalue weighted by molar-refractivity contribution is 5.89. The lowest BCUT2D eigenvalue weighted by Crippen LogP contribution is -2.61. The minimum atomic E-state index is -0.657. The van der Waals surface area contributed by atoms with Crippen molar-refractivity contribution >= 4 is 17.7 Å². The summed E-state index contributed by atoms with van der Waals surface area (Å²) in [4.78, 5) is 38.5. The van der Waals surface area contributed by atoms with Crippen LogP contribution >= 0.6 is 0 Å². The second kappa shape index (κ2) is 8.44. The number of nitrogens with zero attached hydrogens (tertiary/aromatic N) is 2. The number of carbonyl (C=O) groups excluding carboxylic acids is 3. The molecule has 2 rings (SSSR count). The summed E-state index contributed by atoms with van der Waals surface area (Å²) in [6.45, 7) is 3.59. The molecule has 1 aromatic carbocycles. The number of hydrogen-bond donors (Lipinski definition) is 2. The van der Waals surface area contributed by atoms with Gasteiger partial charge >= 0.3 is 0 Å². The van der Waals surface area contributed by atoms with Crippen LogP contribution in [0, 0.1) is 0 Å². The highest BCUT2D eigenvalue weighted by atomic mass is 16.2. The Morgan fingerprint density at radius 1 is 1.21 bits per heavy atom. The number of nitrogens with one attached hydrogen (secondary N) is 1. The van der Waals surface area contributed by atoms with E-state index in [9.17, 15) is 14.4 Å². The molecule has 0 bridgehead atoms. The van der Waals surface area contributed by atoms with Gasteiger partial charge in [0.05, 0.1) is 6.54 Å². The minimum Gasteiger partial charge on any atom is -0.368 e. The van der Waals surface area contributed by atoms with Gasteiger partial charge in [0.15, 0.2) is 0 Å². The lowest BCUT2D eigenvalue weighted by atomic mass is 10.1. The van der Waals surface area contributed by atoms with Crippen LogP contribution in [0.25, 0.3) is 0 Å². The molecule has 1 atom stereocenters. The van der Waals surface area contributed by atoms with Gasteiger partial charge in [-0.05, 0) is 12.0 Å². The van der Waals surface area contributed by atoms with Gasteiger partial charge in [0.2, 0.25) is 17.7 Å². The summed E-state index contributed by atoms with van der Waals surface area (Å²) < 4.78 is 0. The zero-order valence-corrected chi connectivity index (χ0v) is 13.9. The number of nitrogens with two attached hydrogens (primary N) is 1. The maximum absolute atomic E-state index is 12.2. The zero-order valence-electron chi connectivity index (χ0n) is 13.9. The Bertz CT molecular complexity index is 591. The molecule has 3 amide bonds. The quantitative estimate of drug-likeness (QED) is 0.724. The number of amides is 3. The molecular formula is C17H24N4O3. The third kappa shape index (κ3) is 5.06. The van der Waals surface area contributed by atoms with Gasteiger partial charge in [0.25, 0.3) is 0 Å². The molecule has 1 aliphatic heterocycles. The maximum Gasteiger partial charge on any atom is 0.242 e. The molecule has 1 aromatic rings. The summed E-state index contributed by atoms with van der Waals surface area (Å²) in [5.74, 6) is -1.08. The van der Waals surface area contributed by atoms with Crippen LogP contribution in [0.2, 0.25) is 0 Å². The van der Waals surface area contributed by atoms with Gasteiger partial charge in [0.1, 0.15) is 6.04 Å². The monoisotopic (exact) mass is 332 g/mol. The number of piperazine rings is 1. The van der Waals surface area contributed by atoms with Crippen molar-refractivity contribution in [2.24, 2.45) is 5.73 Å². The molecule has 1 fully saturated rings. The van der Waals surface area contributed by atoms with Gasteiger partial charge in [-0.15, -0.1) is 0 Å². The largest absolute Gasteiger partial charge is 0.368 e. The standard InChI is InChI=1S/C17H24N4O3/c1-13(22)19-11-16(23)21-10-9-20(12-15(21)17(18)24)8-7-14-5-3-2-4-6-14/h2-6,15H,7-12H2,1H3,(H2,18,24)(H,19,22)/t15-/m0/s1. The third-order valence-electron chi connectivity index (χ3n) is 4.16. The summed E-state index contributed by atoms with van der Waals surface area (Å²) >= 11 is 0. The van der Waals surface area contributed by atoms with E-state index in [-0.39, 0.29) is 18.4 Å². The van der Waals surface area contributed by atoms with E-state index in [0.717, 1.165) is 13.0 Å². The van der Waals surface area contributed by atoms with Crippen molar-refractivity contribution in [2.45, 2.75) is 19.4 Å². The molecule has 0 unspecified atom stereocenters. The van der Waals surface area contributed by atoms with Crippen LogP contribution in [0.4, 0.5) is 0 Å². The van der Waals surface area contributed by atoms with E-state index in [0.29, 0.717) is 19.6 Å². The lowest BCUT2D eigenvalue weighted by molar-refractivity contribution is -0.142. The molecule has 0 aliphatic carbocycles. The van der Waals surface area contributed by atoms with Crippen molar-refractivity contribution in [1.82, 2.24) is 15.1 Å². The Hall–Kier alpha value is -2.41. The minimum absolute atomic E-state index is 0.108. The Morgan fingerprint density at radius 2 is 1.92 bits per heavy atom. The highest BCUT2D eigenvalue weighted by Crippen LogP contribution is 2.11. The van der Waals surface area contributed by atoms with Crippen molar-refractivity contribution in [1.29, 1.82) is 0 Å². The first-order valence-electron chi connectivity index (χ1n) is 8.07. The van der Waals surface area contributed by atoms with E-state index >= 15 is 0 Å². The van der Waals surface area contributed by atoms with Crippen LogP contribution in [0.5, 0.6) is 0 Å². The molecule has 1 aliphatic rings. The van der Waals surface area contributed by atoms with Gasteiger partial charge < -0.3 is 16.0 Å². The Labute approximate surface area is 141 Å². The molecule has 1 saturated heterocycles. The molecule has 0 aromatic heterocycles. The first-order valence-corrected chi connectivity index (χ1v) is 8.07. The second-order valence-electron chi connectivity index (χ2n) is 5.95. The Kier molecular flexibility index (Phi) is 6.31. The fourth-order valence-electron chi connectivity index (χ4n) is 2.82. The molecule has 24 heavy (non-hydrogen) atoms.